The topological polar surface area (TPSA) is 114 Å². The zero-order valence-corrected chi connectivity index (χ0v) is 14.7. The van der Waals surface area contributed by atoms with E-state index in [1.54, 1.807) is 0 Å². The molecule has 0 unspecified atom stereocenters. The largest absolute Gasteiger partial charge is 0.492 e. The lowest BCUT2D eigenvalue weighted by Crippen LogP contribution is -2.37. The predicted octanol–water partition coefficient (Wildman–Crippen LogP) is 2.50. The number of aliphatic carboxylic acids is 1. The van der Waals surface area contributed by atoms with Gasteiger partial charge in [0.2, 0.25) is 0 Å². The highest BCUT2D eigenvalue weighted by atomic mass is 16.5. The third-order valence-corrected chi connectivity index (χ3v) is 4.45. The molecule has 2 heterocycles. The number of benzene rings is 1. The van der Waals surface area contributed by atoms with E-state index in [4.69, 9.17) is 15.6 Å². The van der Waals surface area contributed by atoms with E-state index in [0.717, 1.165) is 11.4 Å². The molecule has 3 rings (SSSR count). The fourth-order valence-electron chi connectivity index (χ4n) is 3.05. The van der Waals surface area contributed by atoms with Gasteiger partial charge in [-0.05, 0) is 31.9 Å². The van der Waals surface area contributed by atoms with Crippen LogP contribution in [0.5, 0.6) is 5.75 Å². The molecule has 0 bridgehead atoms. The van der Waals surface area contributed by atoms with Crippen molar-refractivity contribution in [2.24, 2.45) is 5.92 Å². The van der Waals surface area contributed by atoms with Gasteiger partial charge in [-0.1, -0.05) is 12.1 Å². The summed E-state index contributed by atoms with van der Waals surface area (Å²) in [5, 5.41) is 12.3. The van der Waals surface area contributed by atoms with E-state index in [1.807, 2.05) is 36.1 Å². The second kappa shape index (κ2) is 7.90. The Kier molecular flexibility index (Phi) is 5.40. The molecule has 1 saturated heterocycles. The Morgan fingerprint density at radius 3 is 2.77 bits per heavy atom. The molecule has 0 radical (unpaired) electrons. The van der Waals surface area contributed by atoms with Crippen LogP contribution in [-0.4, -0.2) is 40.7 Å². The van der Waals surface area contributed by atoms with Crippen LogP contribution in [0.15, 0.2) is 30.6 Å². The number of carboxylic acid groups (broad SMARTS) is 1. The number of hydrogen-bond donors (Lipinski definition) is 3. The van der Waals surface area contributed by atoms with Crippen LogP contribution in [0.3, 0.4) is 0 Å². The monoisotopic (exact) mass is 357 g/mol. The van der Waals surface area contributed by atoms with Crippen LogP contribution in [0.4, 0.5) is 23.0 Å². The average Bonchev–Trinajstić information content (AvgIpc) is 2.65. The highest BCUT2D eigenvalue weighted by Gasteiger charge is 2.26. The van der Waals surface area contributed by atoms with Gasteiger partial charge >= 0.3 is 5.97 Å². The van der Waals surface area contributed by atoms with Crippen molar-refractivity contribution in [3.05, 3.63) is 30.6 Å². The van der Waals surface area contributed by atoms with Crippen LogP contribution in [0.25, 0.3) is 0 Å². The minimum absolute atomic E-state index is 0.301. The van der Waals surface area contributed by atoms with Gasteiger partial charge < -0.3 is 25.8 Å². The molecule has 0 spiro atoms. The minimum atomic E-state index is -0.741. The number of nitrogens with one attached hydrogen (secondary N) is 1. The first kappa shape index (κ1) is 17.8. The first-order chi connectivity index (χ1) is 12.6. The van der Waals surface area contributed by atoms with Gasteiger partial charge in [0.1, 0.15) is 17.8 Å². The zero-order chi connectivity index (χ0) is 18.5. The third kappa shape index (κ3) is 3.79. The van der Waals surface area contributed by atoms with Crippen LogP contribution in [-0.2, 0) is 4.79 Å². The molecule has 0 aliphatic carbocycles. The van der Waals surface area contributed by atoms with Gasteiger partial charge in [-0.3, -0.25) is 4.79 Å². The molecular formula is C18H23N5O3. The van der Waals surface area contributed by atoms with E-state index in [1.165, 1.54) is 6.33 Å². The molecule has 1 aromatic heterocycles. The maximum atomic E-state index is 11.1. The standard InChI is InChI=1S/C18H23N5O3/c1-2-26-14-6-4-3-5-13(14)22-16-15(19)17(21-11-20-16)23-9-7-12(8-10-23)18(24)25/h3-6,11-12H,2,7-10,19H2,1H3,(H,24,25)(H,20,21,22). The maximum Gasteiger partial charge on any atom is 0.306 e. The third-order valence-electron chi connectivity index (χ3n) is 4.45. The van der Waals surface area contributed by atoms with Crippen LogP contribution in [0, 0.1) is 5.92 Å². The van der Waals surface area contributed by atoms with Gasteiger partial charge in [-0.25, -0.2) is 9.97 Å². The van der Waals surface area contributed by atoms with Crippen molar-refractivity contribution in [2.45, 2.75) is 19.8 Å². The summed E-state index contributed by atoms with van der Waals surface area (Å²) in [6, 6.07) is 7.57. The van der Waals surface area contributed by atoms with E-state index in [-0.39, 0.29) is 5.92 Å². The molecule has 8 heteroatoms. The zero-order valence-electron chi connectivity index (χ0n) is 14.7. The molecule has 0 saturated carbocycles. The molecule has 8 nitrogen and oxygen atoms in total. The first-order valence-electron chi connectivity index (χ1n) is 8.67. The van der Waals surface area contributed by atoms with Gasteiger partial charge in [0.05, 0.1) is 18.2 Å². The number of ether oxygens (including phenoxy) is 1. The molecular weight excluding hydrogens is 334 g/mol. The second-order valence-electron chi connectivity index (χ2n) is 6.11. The van der Waals surface area contributed by atoms with Crippen LogP contribution in [0.2, 0.25) is 0 Å². The van der Waals surface area contributed by atoms with E-state index < -0.39 is 5.97 Å². The number of para-hydroxylation sites is 2. The SMILES string of the molecule is CCOc1ccccc1Nc1ncnc(N2CCC(C(=O)O)CC2)c1N. The van der Waals surface area contributed by atoms with Crippen molar-refractivity contribution < 1.29 is 14.6 Å². The van der Waals surface area contributed by atoms with Crippen molar-refractivity contribution in [2.75, 3.05) is 35.6 Å². The Morgan fingerprint density at radius 2 is 2.08 bits per heavy atom. The second-order valence-corrected chi connectivity index (χ2v) is 6.11. The summed E-state index contributed by atoms with van der Waals surface area (Å²) in [5.74, 6) is 0.805. The molecule has 1 aliphatic heterocycles. The molecule has 4 N–H and O–H groups in total. The summed E-state index contributed by atoms with van der Waals surface area (Å²) in [4.78, 5) is 21.7. The van der Waals surface area contributed by atoms with E-state index in [2.05, 4.69) is 15.3 Å². The minimum Gasteiger partial charge on any atom is -0.492 e. The highest BCUT2D eigenvalue weighted by Crippen LogP contribution is 2.33. The lowest BCUT2D eigenvalue weighted by atomic mass is 9.97. The molecule has 1 aliphatic rings. The fourth-order valence-corrected chi connectivity index (χ4v) is 3.05. The summed E-state index contributed by atoms with van der Waals surface area (Å²) in [6.07, 6.45) is 2.62. The number of aromatic nitrogens is 2. The Balaban J connectivity index is 1.79. The van der Waals surface area contributed by atoms with Crippen molar-refractivity contribution in [1.29, 1.82) is 0 Å². The Hall–Kier alpha value is -3.03. The van der Waals surface area contributed by atoms with Crippen molar-refractivity contribution in [1.82, 2.24) is 9.97 Å². The van der Waals surface area contributed by atoms with Crippen LogP contribution < -0.4 is 20.7 Å². The van der Waals surface area contributed by atoms with Crippen LogP contribution >= 0.6 is 0 Å². The summed E-state index contributed by atoms with van der Waals surface area (Å²) in [6.45, 7) is 3.69. The molecule has 1 aromatic carbocycles. The van der Waals surface area contributed by atoms with E-state index in [0.29, 0.717) is 49.9 Å². The van der Waals surface area contributed by atoms with Gasteiger partial charge in [0.15, 0.2) is 11.6 Å². The Morgan fingerprint density at radius 1 is 1.35 bits per heavy atom. The molecule has 1 fully saturated rings. The maximum absolute atomic E-state index is 11.1. The number of rotatable bonds is 6. The average molecular weight is 357 g/mol. The van der Waals surface area contributed by atoms with Gasteiger partial charge in [0.25, 0.3) is 0 Å². The number of carboxylic acids is 1. The molecule has 2 aromatic rings. The predicted molar refractivity (Wildman–Crippen MR) is 99.9 cm³/mol. The quantitative estimate of drug-likeness (QED) is 0.722. The summed E-state index contributed by atoms with van der Waals surface area (Å²) >= 11 is 0. The van der Waals surface area contributed by atoms with Crippen molar-refractivity contribution >= 4 is 29.0 Å². The molecule has 26 heavy (non-hydrogen) atoms. The number of nitrogens with two attached hydrogens (primary N) is 1. The number of anilines is 4. The van der Waals surface area contributed by atoms with Gasteiger partial charge in [-0.15, -0.1) is 0 Å². The number of nitrogens with zero attached hydrogens (tertiary/aromatic N) is 3. The first-order valence-corrected chi connectivity index (χ1v) is 8.67. The van der Waals surface area contributed by atoms with E-state index >= 15 is 0 Å². The Bertz CT molecular complexity index is 775. The molecule has 0 amide bonds. The fraction of sp³-hybridized carbons (Fsp3) is 0.389. The summed E-state index contributed by atoms with van der Waals surface area (Å²) < 4.78 is 5.62. The van der Waals surface area contributed by atoms with Gasteiger partial charge in [-0.2, -0.15) is 0 Å². The lowest BCUT2D eigenvalue weighted by Gasteiger charge is -2.31. The number of nitrogen functional groups attached to an aromatic ring is 1. The van der Waals surface area contributed by atoms with Crippen molar-refractivity contribution in [3.8, 4) is 5.75 Å². The smallest absolute Gasteiger partial charge is 0.306 e. The lowest BCUT2D eigenvalue weighted by molar-refractivity contribution is -0.142. The van der Waals surface area contributed by atoms with Crippen LogP contribution in [0.1, 0.15) is 19.8 Å². The molecule has 138 valence electrons. The number of hydrogen-bond acceptors (Lipinski definition) is 7. The number of piperidine rings is 1. The summed E-state index contributed by atoms with van der Waals surface area (Å²) in [7, 11) is 0. The normalized spacial score (nSPS) is 14.9. The Labute approximate surface area is 152 Å². The summed E-state index contributed by atoms with van der Waals surface area (Å²) in [5.41, 5.74) is 7.51. The molecule has 0 atom stereocenters. The van der Waals surface area contributed by atoms with E-state index in [9.17, 15) is 4.79 Å². The number of carbonyl (C=O) groups is 1. The van der Waals surface area contributed by atoms with Crippen molar-refractivity contribution in [3.63, 3.8) is 0 Å². The highest BCUT2D eigenvalue weighted by molar-refractivity contribution is 5.80. The van der Waals surface area contributed by atoms with Gasteiger partial charge in [0, 0.05) is 13.1 Å².